The van der Waals surface area contributed by atoms with E-state index in [9.17, 15) is 9.59 Å². The molecule has 6 heteroatoms. The molecule has 28 heavy (non-hydrogen) atoms. The summed E-state index contributed by atoms with van der Waals surface area (Å²) in [6, 6.07) is 8.11. The molecule has 2 N–H and O–H groups in total. The summed E-state index contributed by atoms with van der Waals surface area (Å²) >= 11 is 0. The molecule has 0 saturated carbocycles. The third-order valence-electron chi connectivity index (χ3n) is 5.42. The molecule has 1 aromatic carbocycles. The molecule has 1 unspecified atom stereocenters. The average molecular weight is 385 g/mol. The van der Waals surface area contributed by atoms with E-state index in [0.717, 1.165) is 36.7 Å². The number of rotatable bonds is 7. The summed E-state index contributed by atoms with van der Waals surface area (Å²) in [4.78, 5) is 26.9. The van der Waals surface area contributed by atoms with E-state index in [1.807, 2.05) is 37.3 Å². The van der Waals surface area contributed by atoms with Crippen LogP contribution < -0.4 is 10.7 Å². The van der Waals surface area contributed by atoms with Gasteiger partial charge in [0, 0.05) is 19.5 Å². The van der Waals surface area contributed by atoms with Gasteiger partial charge in [-0.05, 0) is 56.8 Å². The van der Waals surface area contributed by atoms with Crippen LogP contribution in [0.3, 0.4) is 0 Å². The highest BCUT2D eigenvalue weighted by molar-refractivity contribution is 5.88. The molecular weight excluding hydrogens is 352 g/mol. The zero-order valence-electron chi connectivity index (χ0n) is 17.0. The normalized spacial score (nSPS) is 20.5. The Balaban J connectivity index is 1.41. The first-order valence-electron chi connectivity index (χ1n) is 10.3. The van der Waals surface area contributed by atoms with E-state index in [1.165, 1.54) is 30.0 Å². The highest BCUT2D eigenvalue weighted by atomic mass is 16.2. The van der Waals surface area contributed by atoms with Crippen LogP contribution in [0.25, 0.3) is 5.70 Å². The number of benzene rings is 1. The SMILES string of the molecule is Cc1ccc(C2=CCC(=O)N(CC(=O)NCCCN3CCCC(C)C3)N2)cc1. The molecule has 6 nitrogen and oxygen atoms in total. The van der Waals surface area contributed by atoms with Gasteiger partial charge in [0.1, 0.15) is 6.54 Å². The number of carbonyl (C=O) groups excluding carboxylic acids is 2. The van der Waals surface area contributed by atoms with Gasteiger partial charge in [0.2, 0.25) is 11.8 Å². The largest absolute Gasteiger partial charge is 0.354 e. The fraction of sp³-hybridized carbons (Fsp3) is 0.545. The Morgan fingerprint density at radius 1 is 1.29 bits per heavy atom. The number of nitrogens with zero attached hydrogens (tertiary/aromatic N) is 2. The summed E-state index contributed by atoms with van der Waals surface area (Å²) < 4.78 is 0. The Kier molecular flexibility index (Phi) is 7.09. The van der Waals surface area contributed by atoms with Gasteiger partial charge in [-0.25, -0.2) is 5.01 Å². The Bertz CT molecular complexity index is 714. The Hall–Kier alpha value is -2.34. The maximum absolute atomic E-state index is 12.3. The van der Waals surface area contributed by atoms with Crippen LogP contribution in [0.15, 0.2) is 30.3 Å². The van der Waals surface area contributed by atoms with Gasteiger partial charge in [-0.1, -0.05) is 36.8 Å². The predicted octanol–water partition coefficient (Wildman–Crippen LogP) is 2.31. The second-order valence-electron chi connectivity index (χ2n) is 8.03. The van der Waals surface area contributed by atoms with E-state index >= 15 is 0 Å². The Morgan fingerprint density at radius 2 is 2.07 bits per heavy atom. The predicted molar refractivity (Wildman–Crippen MR) is 111 cm³/mol. The van der Waals surface area contributed by atoms with E-state index in [1.54, 1.807) is 0 Å². The number of likely N-dealkylation sites (tertiary alicyclic amines) is 1. The number of nitrogens with one attached hydrogen (secondary N) is 2. The molecule has 2 amide bonds. The molecular formula is C22H32N4O2. The first-order valence-corrected chi connectivity index (χ1v) is 10.3. The van der Waals surface area contributed by atoms with E-state index in [2.05, 4.69) is 22.6 Å². The minimum atomic E-state index is -0.127. The zero-order chi connectivity index (χ0) is 19.9. The molecule has 2 aliphatic rings. The summed E-state index contributed by atoms with van der Waals surface area (Å²) in [7, 11) is 0. The summed E-state index contributed by atoms with van der Waals surface area (Å²) in [5, 5.41) is 4.36. The lowest BCUT2D eigenvalue weighted by atomic mass is 10.0. The average Bonchev–Trinajstić information content (AvgIpc) is 2.68. The van der Waals surface area contributed by atoms with Crippen LogP contribution in [0.1, 0.15) is 43.7 Å². The first kappa shape index (κ1) is 20.4. The number of carbonyl (C=O) groups is 2. The number of hydrazine groups is 1. The summed E-state index contributed by atoms with van der Waals surface area (Å²) in [5.74, 6) is 0.557. The molecule has 152 valence electrons. The van der Waals surface area contributed by atoms with Crippen molar-refractivity contribution < 1.29 is 9.59 Å². The molecule has 0 bridgehead atoms. The van der Waals surface area contributed by atoms with Crippen LogP contribution >= 0.6 is 0 Å². The minimum Gasteiger partial charge on any atom is -0.354 e. The minimum absolute atomic E-state index is 0.0305. The van der Waals surface area contributed by atoms with Crippen molar-refractivity contribution in [2.75, 3.05) is 32.7 Å². The molecule has 0 spiro atoms. The smallest absolute Gasteiger partial charge is 0.245 e. The third-order valence-corrected chi connectivity index (χ3v) is 5.42. The zero-order valence-corrected chi connectivity index (χ0v) is 17.0. The standard InChI is InChI=1S/C22H32N4O2/c1-17-6-8-19(9-7-17)20-10-11-22(28)26(24-20)16-21(27)23-12-4-14-25-13-3-5-18(2)15-25/h6-10,18,24H,3-5,11-16H2,1-2H3,(H,23,27). The molecule has 1 atom stereocenters. The van der Waals surface area contributed by atoms with Crippen LogP contribution in [0, 0.1) is 12.8 Å². The van der Waals surface area contributed by atoms with Gasteiger partial charge in [0.05, 0.1) is 5.70 Å². The number of piperidine rings is 1. The third kappa shape index (κ3) is 5.83. The van der Waals surface area contributed by atoms with Crippen LogP contribution in [0.4, 0.5) is 0 Å². The molecule has 2 aliphatic heterocycles. The number of hydrogen-bond acceptors (Lipinski definition) is 4. The summed E-state index contributed by atoms with van der Waals surface area (Å²) in [6.45, 7) is 8.36. The highest BCUT2D eigenvalue weighted by Gasteiger charge is 2.22. The second-order valence-corrected chi connectivity index (χ2v) is 8.03. The Labute approximate surface area is 167 Å². The highest BCUT2D eigenvalue weighted by Crippen LogP contribution is 2.18. The van der Waals surface area contributed by atoms with Crippen LogP contribution in [-0.4, -0.2) is 54.4 Å². The van der Waals surface area contributed by atoms with Crippen molar-refractivity contribution in [1.29, 1.82) is 0 Å². The second kappa shape index (κ2) is 9.73. The molecule has 0 radical (unpaired) electrons. The van der Waals surface area contributed by atoms with Gasteiger partial charge in [0.25, 0.3) is 0 Å². The number of amides is 2. The van der Waals surface area contributed by atoms with Crippen LogP contribution in [0.2, 0.25) is 0 Å². The maximum Gasteiger partial charge on any atom is 0.245 e. The van der Waals surface area contributed by atoms with Crippen molar-refractivity contribution in [2.24, 2.45) is 5.92 Å². The molecule has 0 aromatic heterocycles. The lowest BCUT2D eigenvalue weighted by Gasteiger charge is -2.31. The quantitative estimate of drug-likeness (QED) is 0.708. The maximum atomic E-state index is 12.3. The monoisotopic (exact) mass is 384 g/mol. The van der Waals surface area contributed by atoms with Crippen molar-refractivity contribution in [3.63, 3.8) is 0 Å². The summed E-state index contributed by atoms with van der Waals surface area (Å²) in [5.41, 5.74) is 6.16. The number of aryl methyl sites for hydroxylation is 1. The van der Waals surface area contributed by atoms with E-state index < -0.39 is 0 Å². The van der Waals surface area contributed by atoms with Crippen molar-refractivity contribution in [2.45, 2.75) is 39.5 Å². The lowest BCUT2D eigenvalue weighted by Crippen LogP contribution is -2.49. The fourth-order valence-electron chi connectivity index (χ4n) is 3.82. The van der Waals surface area contributed by atoms with Gasteiger partial charge in [-0.3, -0.25) is 15.0 Å². The van der Waals surface area contributed by atoms with Gasteiger partial charge >= 0.3 is 0 Å². The summed E-state index contributed by atoms with van der Waals surface area (Å²) in [6.07, 6.45) is 5.71. The first-order chi connectivity index (χ1) is 13.5. The molecule has 1 fully saturated rings. The molecule has 3 rings (SSSR count). The fourth-order valence-corrected chi connectivity index (χ4v) is 3.82. The van der Waals surface area contributed by atoms with Gasteiger partial charge in [0.15, 0.2) is 0 Å². The topological polar surface area (TPSA) is 64.7 Å². The molecule has 1 aromatic rings. The van der Waals surface area contributed by atoms with Crippen LogP contribution in [0.5, 0.6) is 0 Å². The molecule has 2 heterocycles. The van der Waals surface area contributed by atoms with Crippen molar-refractivity contribution in [1.82, 2.24) is 20.7 Å². The van der Waals surface area contributed by atoms with Gasteiger partial charge in [-0.15, -0.1) is 0 Å². The van der Waals surface area contributed by atoms with Crippen LogP contribution in [-0.2, 0) is 9.59 Å². The van der Waals surface area contributed by atoms with E-state index in [0.29, 0.717) is 13.0 Å². The van der Waals surface area contributed by atoms with Gasteiger partial charge in [-0.2, -0.15) is 0 Å². The van der Waals surface area contributed by atoms with Gasteiger partial charge < -0.3 is 10.2 Å². The Morgan fingerprint density at radius 3 is 2.82 bits per heavy atom. The van der Waals surface area contributed by atoms with E-state index in [4.69, 9.17) is 0 Å². The number of hydrogen-bond donors (Lipinski definition) is 2. The lowest BCUT2D eigenvalue weighted by molar-refractivity contribution is -0.137. The van der Waals surface area contributed by atoms with Crippen molar-refractivity contribution >= 4 is 17.5 Å². The molecule has 0 aliphatic carbocycles. The van der Waals surface area contributed by atoms with Crippen molar-refractivity contribution in [3.05, 3.63) is 41.5 Å². The van der Waals surface area contributed by atoms with Crippen molar-refractivity contribution in [3.8, 4) is 0 Å². The van der Waals surface area contributed by atoms with E-state index in [-0.39, 0.29) is 18.4 Å². The molecule has 1 saturated heterocycles.